The monoisotopic (exact) mass is 175 g/mol. The van der Waals surface area contributed by atoms with Crippen molar-refractivity contribution in [1.29, 1.82) is 0 Å². The third kappa shape index (κ3) is 1.55. The van der Waals surface area contributed by atoms with Gasteiger partial charge in [-0.2, -0.15) is 0 Å². The molecule has 0 amide bonds. The van der Waals surface area contributed by atoms with Crippen LogP contribution in [0.3, 0.4) is 0 Å². The number of aromatic amines is 1. The molecule has 0 aromatic carbocycles. The third-order valence-electron chi connectivity index (χ3n) is 2.21. The maximum atomic E-state index is 4.11. The molecule has 2 N–H and O–H groups in total. The van der Waals surface area contributed by atoms with E-state index >= 15 is 0 Å². The Kier molecular flexibility index (Phi) is 2.27. The van der Waals surface area contributed by atoms with Crippen molar-refractivity contribution < 1.29 is 0 Å². The van der Waals surface area contributed by atoms with Crippen molar-refractivity contribution in [3.63, 3.8) is 0 Å². The number of nitrogens with one attached hydrogen (secondary N) is 2. The predicted octanol–water partition coefficient (Wildman–Crippen LogP) is 1.32. The summed E-state index contributed by atoms with van der Waals surface area (Å²) in [6, 6.07) is 2.00. The van der Waals surface area contributed by atoms with Crippen molar-refractivity contribution in [3.8, 4) is 0 Å². The first-order valence-electron chi connectivity index (χ1n) is 4.46. The molecule has 0 atom stereocenters. The summed E-state index contributed by atoms with van der Waals surface area (Å²) < 4.78 is 0. The van der Waals surface area contributed by atoms with Gasteiger partial charge in [0.2, 0.25) is 0 Å². The van der Waals surface area contributed by atoms with Crippen LogP contribution in [-0.2, 0) is 6.42 Å². The summed E-state index contributed by atoms with van der Waals surface area (Å²) in [6.45, 7) is 1.00. The number of hydrogen-bond donors (Lipinski definition) is 2. The Morgan fingerprint density at radius 2 is 2.46 bits per heavy atom. The molecular formula is C10H13N3. The van der Waals surface area contributed by atoms with Crippen molar-refractivity contribution in [2.24, 2.45) is 0 Å². The quantitative estimate of drug-likeness (QED) is 0.738. The molecular weight excluding hydrogens is 162 g/mol. The van der Waals surface area contributed by atoms with Gasteiger partial charge in [0.1, 0.15) is 0 Å². The van der Waals surface area contributed by atoms with Crippen LogP contribution in [0.4, 0.5) is 0 Å². The summed E-state index contributed by atoms with van der Waals surface area (Å²) in [5, 5.41) is 4.37. The van der Waals surface area contributed by atoms with Crippen molar-refractivity contribution in [2.75, 3.05) is 13.6 Å². The van der Waals surface area contributed by atoms with Gasteiger partial charge < -0.3 is 10.3 Å². The molecule has 3 nitrogen and oxygen atoms in total. The summed E-state index contributed by atoms with van der Waals surface area (Å²) >= 11 is 0. The highest BCUT2D eigenvalue weighted by molar-refractivity contribution is 5.81. The lowest BCUT2D eigenvalue weighted by atomic mass is 10.1. The van der Waals surface area contributed by atoms with E-state index in [0.29, 0.717) is 0 Å². The van der Waals surface area contributed by atoms with Gasteiger partial charge in [0.05, 0.1) is 0 Å². The molecule has 2 rings (SSSR count). The van der Waals surface area contributed by atoms with Gasteiger partial charge >= 0.3 is 0 Å². The Hall–Kier alpha value is -1.35. The van der Waals surface area contributed by atoms with E-state index in [1.54, 1.807) is 6.20 Å². The Labute approximate surface area is 77.2 Å². The maximum Gasteiger partial charge on any atom is 0.0487 e. The second-order valence-corrected chi connectivity index (χ2v) is 3.09. The highest BCUT2D eigenvalue weighted by Gasteiger charge is 2.01. The zero-order valence-electron chi connectivity index (χ0n) is 7.67. The minimum Gasteiger partial charge on any atom is -0.361 e. The molecule has 0 radical (unpaired) electrons. The zero-order chi connectivity index (χ0) is 9.10. The van der Waals surface area contributed by atoms with Crippen LogP contribution >= 0.6 is 0 Å². The zero-order valence-corrected chi connectivity index (χ0v) is 7.67. The average molecular weight is 175 g/mol. The number of aromatic nitrogens is 2. The normalized spacial score (nSPS) is 10.8. The van der Waals surface area contributed by atoms with Gasteiger partial charge in [0.25, 0.3) is 0 Å². The van der Waals surface area contributed by atoms with Crippen LogP contribution in [-0.4, -0.2) is 23.6 Å². The van der Waals surface area contributed by atoms with E-state index in [-0.39, 0.29) is 0 Å². The van der Waals surface area contributed by atoms with E-state index < -0.39 is 0 Å². The van der Waals surface area contributed by atoms with Crippen LogP contribution in [0, 0.1) is 0 Å². The van der Waals surface area contributed by atoms with Crippen LogP contribution in [0.15, 0.2) is 24.7 Å². The predicted molar refractivity (Wildman–Crippen MR) is 53.7 cm³/mol. The number of hydrogen-bond acceptors (Lipinski definition) is 2. The first-order valence-corrected chi connectivity index (χ1v) is 4.46. The summed E-state index contributed by atoms with van der Waals surface area (Å²) in [4.78, 5) is 7.34. The lowest BCUT2D eigenvalue weighted by molar-refractivity contribution is 0.794. The topological polar surface area (TPSA) is 40.7 Å². The number of H-pyrrole nitrogens is 1. The molecule has 3 heteroatoms. The maximum absolute atomic E-state index is 4.11. The molecule has 0 aliphatic heterocycles. The van der Waals surface area contributed by atoms with Crippen molar-refractivity contribution in [2.45, 2.75) is 6.42 Å². The van der Waals surface area contributed by atoms with E-state index in [4.69, 9.17) is 0 Å². The van der Waals surface area contributed by atoms with Crippen molar-refractivity contribution in [1.82, 2.24) is 15.3 Å². The second-order valence-electron chi connectivity index (χ2n) is 3.09. The molecule has 13 heavy (non-hydrogen) atoms. The number of pyridine rings is 1. The van der Waals surface area contributed by atoms with Gasteiger partial charge in [-0.3, -0.25) is 4.98 Å². The molecule has 0 bridgehead atoms. The van der Waals surface area contributed by atoms with Gasteiger partial charge in [-0.15, -0.1) is 0 Å². The lowest BCUT2D eigenvalue weighted by Gasteiger charge is -1.96. The minimum atomic E-state index is 1.00. The fourth-order valence-corrected chi connectivity index (χ4v) is 1.49. The van der Waals surface area contributed by atoms with Crippen LogP contribution in [0.25, 0.3) is 10.9 Å². The number of nitrogens with zero attached hydrogens (tertiary/aromatic N) is 1. The van der Waals surface area contributed by atoms with Gasteiger partial charge in [-0.05, 0) is 31.6 Å². The lowest BCUT2D eigenvalue weighted by Crippen LogP contribution is -2.09. The Morgan fingerprint density at radius 3 is 3.31 bits per heavy atom. The fourth-order valence-electron chi connectivity index (χ4n) is 1.49. The number of rotatable bonds is 3. The summed E-state index contributed by atoms with van der Waals surface area (Å²) in [5.74, 6) is 0. The van der Waals surface area contributed by atoms with Gasteiger partial charge in [-0.1, -0.05) is 0 Å². The van der Waals surface area contributed by atoms with Gasteiger partial charge in [0, 0.05) is 29.5 Å². The van der Waals surface area contributed by atoms with E-state index in [0.717, 1.165) is 13.0 Å². The molecule has 0 spiro atoms. The molecule has 0 saturated carbocycles. The molecule has 0 aliphatic carbocycles. The Balaban J connectivity index is 2.35. The third-order valence-corrected chi connectivity index (χ3v) is 2.21. The highest BCUT2D eigenvalue weighted by atomic mass is 14.8. The number of likely N-dealkylation sites (N-methyl/N-ethyl adjacent to an activating group) is 1. The summed E-state index contributed by atoms with van der Waals surface area (Å²) in [5.41, 5.74) is 2.50. The molecule has 0 aliphatic rings. The van der Waals surface area contributed by atoms with Crippen LogP contribution in [0.1, 0.15) is 5.56 Å². The Morgan fingerprint density at radius 1 is 1.54 bits per heavy atom. The molecule has 0 saturated heterocycles. The molecule has 0 unspecified atom stereocenters. The van der Waals surface area contributed by atoms with Gasteiger partial charge in [0.15, 0.2) is 0 Å². The molecule has 2 heterocycles. The van der Waals surface area contributed by atoms with Crippen molar-refractivity contribution >= 4 is 10.9 Å². The fraction of sp³-hybridized carbons (Fsp3) is 0.300. The molecule has 68 valence electrons. The molecule has 2 aromatic rings. The standard InChI is InChI=1S/C10H13N3/c1-11-4-2-8-6-13-10-3-5-12-7-9(8)10/h3,5-7,11,13H,2,4H2,1H3. The summed E-state index contributed by atoms with van der Waals surface area (Å²) in [7, 11) is 1.97. The van der Waals surface area contributed by atoms with Crippen molar-refractivity contribution in [3.05, 3.63) is 30.2 Å². The largest absolute Gasteiger partial charge is 0.361 e. The van der Waals surface area contributed by atoms with Crippen LogP contribution < -0.4 is 5.32 Å². The first-order chi connectivity index (χ1) is 6.42. The summed E-state index contributed by atoms with van der Waals surface area (Å²) in [6.07, 6.45) is 6.82. The molecule has 0 fully saturated rings. The number of fused-ring (bicyclic) bond motifs is 1. The smallest absolute Gasteiger partial charge is 0.0487 e. The van der Waals surface area contributed by atoms with E-state index in [2.05, 4.69) is 21.5 Å². The van der Waals surface area contributed by atoms with Crippen LogP contribution in [0.2, 0.25) is 0 Å². The first kappa shape index (κ1) is 8.26. The van der Waals surface area contributed by atoms with E-state index in [1.807, 2.05) is 19.3 Å². The minimum absolute atomic E-state index is 1.00. The Bertz CT molecular complexity index is 392. The van der Waals surface area contributed by atoms with Gasteiger partial charge in [-0.25, -0.2) is 0 Å². The average Bonchev–Trinajstić information content (AvgIpc) is 2.58. The SMILES string of the molecule is CNCCc1c[nH]c2ccncc12. The second kappa shape index (κ2) is 3.58. The van der Waals surface area contributed by atoms with E-state index in [9.17, 15) is 0 Å². The molecule has 2 aromatic heterocycles. The highest BCUT2D eigenvalue weighted by Crippen LogP contribution is 2.16. The van der Waals surface area contributed by atoms with Crippen LogP contribution in [0.5, 0.6) is 0 Å². The van der Waals surface area contributed by atoms with E-state index in [1.165, 1.54) is 16.5 Å².